The number of Topliss-reactive ketones (excluding diaryl/α,β-unsaturated/α-hetero) is 2. The summed E-state index contributed by atoms with van der Waals surface area (Å²) < 4.78 is 11.9. The molecule has 2 bridgehead atoms. The highest BCUT2D eigenvalue weighted by Crippen LogP contribution is 2.67. The van der Waals surface area contributed by atoms with Crippen LogP contribution in [-0.2, 0) is 63.3 Å². The quantitative estimate of drug-likeness (QED) is 0.0105. The Kier molecular flexibility index (Phi) is 18.9. The summed E-state index contributed by atoms with van der Waals surface area (Å²) in [5.74, 6) is 6.95. The summed E-state index contributed by atoms with van der Waals surface area (Å²) in [5.41, 5.74) is 3.10. The first kappa shape index (κ1) is 61.5. The van der Waals surface area contributed by atoms with Gasteiger partial charge in [0.25, 0.3) is 0 Å². The van der Waals surface area contributed by atoms with E-state index in [1.807, 2.05) is 26.0 Å². The number of esters is 1. The lowest BCUT2D eigenvalue weighted by Gasteiger charge is -2.37. The summed E-state index contributed by atoms with van der Waals surface area (Å²) in [4.78, 5) is 121. The normalized spacial score (nSPS) is 22.4. The highest BCUT2D eigenvalue weighted by Gasteiger charge is 2.82. The Bertz CT molecular complexity index is 3290. The predicted molar refractivity (Wildman–Crippen MR) is 308 cm³/mol. The Morgan fingerprint density at radius 3 is 2.27 bits per heavy atom. The van der Waals surface area contributed by atoms with Crippen LogP contribution < -0.4 is 21.7 Å². The van der Waals surface area contributed by atoms with Crippen molar-refractivity contribution in [1.82, 2.24) is 15.5 Å². The number of aryl methyl sites for hydroxylation is 1. The number of benzene rings is 3. The van der Waals surface area contributed by atoms with Crippen LogP contribution in [0.3, 0.4) is 0 Å². The number of ether oxygens (including phenoxy) is 2. The molecule has 3 aliphatic heterocycles. The molecule has 5 amide bonds. The Morgan fingerprint density at radius 1 is 0.904 bits per heavy atom. The van der Waals surface area contributed by atoms with Crippen LogP contribution in [0.5, 0.6) is 5.75 Å². The van der Waals surface area contributed by atoms with Crippen molar-refractivity contribution in [2.45, 2.75) is 153 Å². The van der Waals surface area contributed by atoms with Gasteiger partial charge in [0, 0.05) is 66.8 Å². The van der Waals surface area contributed by atoms with Crippen LogP contribution in [0.15, 0.2) is 60.7 Å². The number of anilines is 1. The number of amides is 5. The van der Waals surface area contributed by atoms with Gasteiger partial charge in [-0.15, -0.1) is 0 Å². The fraction of sp³-hybridized carbons (Fsp3) is 0.476. The molecule has 8 rings (SSSR count). The molecule has 2 aliphatic carbocycles. The maximum absolute atomic E-state index is 14.4. The minimum Gasteiger partial charge on any atom is -0.507 e. The van der Waals surface area contributed by atoms with Crippen molar-refractivity contribution < 1.29 is 67.9 Å². The molecule has 3 aromatic carbocycles. The average Bonchev–Trinajstić information content (AvgIpc) is 1.86. The molecule has 20 heteroatoms. The number of unbranched alkanes of at least 4 members (excludes halogenated alkanes) is 2. The van der Waals surface area contributed by atoms with Gasteiger partial charge in [-0.05, 0) is 98.6 Å². The van der Waals surface area contributed by atoms with Gasteiger partial charge >= 0.3 is 12.0 Å². The van der Waals surface area contributed by atoms with E-state index in [1.54, 1.807) is 38.3 Å². The number of hydrogen-bond acceptors (Lipinski definition) is 16. The number of rotatable bonds is 26. The monoisotopic (exact) mass is 1150 g/mol. The number of hydrogen-bond donors (Lipinski definition) is 7. The van der Waals surface area contributed by atoms with Crippen LogP contribution in [0.25, 0.3) is 0 Å². The second-order valence-corrected chi connectivity index (χ2v) is 24.0. The first-order valence-electron chi connectivity index (χ1n) is 28.1. The number of ketones is 4. The number of imide groups is 1. The van der Waals surface area contributed by atoms with E-state index in [0.717, 1.165) is 5.56 Å². The number of thioether (sulfide) groups is 1. The summed E-state index contributed by atoms with van der Waals surface area (Å²) in [6.45, 7) is 9.17. The molecule has 8 atom stereocenters. The Labute approximate surface area is 486 Å². The third-order valence-electron chi connectivity index (χ3n) is 16.4. The van der Waals surface area contributed by atoms with E-state index in [0.29, 0.717) is 43.4 Å². The second kappa shape index (κ2) is 25.5. The lowest BCUT2D eigenvalue weighted by molar-refractivity contribution is -0.145. The van der Waals surface area contributed by atoms with E-state index < -0.39 is 82.1 Å². The molecule has 0 radical (unpaired) electrons. The molecule has 8 N–H and O–H groups in total. The van der Waals surface area contributed by atoms with Gasteiger partial charge < -0.3 is 46.5 Å². The molecule has 2 saturated heterocycles. The molecule has 19 nitrogen and oxygen atoms in total. The van der Waals surface area contributed by atoms with E-state index in [-0.39, 0.29) is 126 Å². The number of urea groups is 1. The van der Waals surface area contributed by atoms with Crippen LogP contribution >= 0.6 is 11.8 Å². The number of carbonyl (C=O) groups is 9. The topological polar surface area (TPSA) is 301 Å². The third kappa shape index (κ3) is 12.7. The predicted octanol–water partition coefficient (Wildman–Crippen LogP) is 5.27. The van der Waals surface area contributed by atoms with Crippen molar-refractivity contribution in [1.29, 1.82) is 0 Å². The number of fused-ring (bicyclic) bond motifs is 4. The van der Waals surface area contributed by atoms with E-state index in [9.17, 15) is 58.5 Å². The van der Waals surface area contributed by atoms with Gasteiger partial charge in [-0.1, -0.05) is 94.2 Å². The van der Waals surface area contributed by atoms with Gasteiger partial charge in [-0.2, -0.15) is 11.8 Å². The van der Waals surface area contributed by atoms with Crippen LogP contribution in [0.2, 0.25) is 0 Å². The van der Waals surface area contributed by atoms with Gasteiger partial charge in [0.15, 0.2) is 34.7 Å². The molecular formula is C63H71N5O14S. The number of primary amides is 1. The number of phenolic OH excluding ortho intramolecular Hbond substituents is 1. The lowest BCUT2D eigenvalue weighted by atomic mass is 9.69. The number of phenols is 1. The number of nitrogens with zero attached hydrogens (tertiary/aromatic N) is 1. The zero-order valence-electron chi connectivity index (χ0n) is 47.5. The minimum absolute atomic E-state index is 0.0200. The van der Waals surface area contributed by atoms with E-state index in [4.69, 9.17) is 15.2 Å². The molecule has 438 valence electrons. The first-order valence-corrected chi connectivity index (χ1v) is 29.4. The highest BCUT2D eigenvalue weighted by atomic mass is 32.2. The zero-order chi connectivity index (χ0) is 60.1. The number of nitrogens with two attached hydrogens (primary N) is 1. The maximum Gasteiger partial charge on any atom is 0.312 e. The van der Waals surface area contributed by atoms with Crippen molar-refractivity contribution in [3.8, 4) is 29.4 Å². The molecule has 0 aromatic heterocycles. The molecular weight excluding hydrogens is 1080 g/mol. The highest BCUT2D eigenvalue weighted by molar-refractivity contribution is 8.00. The fourth-order valence-electron chi connectivity index (χ4n) is 11.8. The van der Waals surface area contributed by atoms with Crippen molar-refractivity contribution >= 4 is 70.3 Å². The molecule has 5 aliphatic rings. The molecule has 83 heavy (non-hydrogen) atoms. The lowest BCUT2D eigenvalue weighted by Crippen LogP contribution is -2.54. The summed E-state index contributed by atoms with van der Waals surface area (Å²) >= 11 is 1.36. The molecule has 3 aromatic rings. The van der Waals surface area contributed by atoms with E-state index >= 15 is 0 Å². The summed E-state index contributed by atoms with van der Waals surface area (Å²) in [7, 11) is 0. The van der Waals surface area contributed by atoms with Crippen LogP contribution in [-0.4, -0.2) is 128 Å². The number of epoxide rings is 1. The van der Waals surface area contributed by atoms with Crippen LogP contribution in [0, 0.1) is 40.9 Å². The molecule has 1 unspecified atom stereocenters. The van der Waals surface area contributed by atoms with Gasteiger partial charge in [-0.3, -0.25) is 43.3 Å². The van der Waals surface area contributed by atoms with E-state index in [2.05, 4.69) is 39.6 Å². The van der Waals surface area contributed by atoms with Crippen molar-refractivity contribution in [2.75, 3.05) is 24.7 Å². The molecule has 0 saturated carbocycles. The molecule has 2 fully saturated rings. The van der Waals surface area contributed by atoms with Crippen molar-refractivity contribution in [3.05, 3.63) is 105 Å². The number of carbonyl (C=O) groups excluding carboxylic acids is 9. The van der Waals surface area contributed by atoms with Gasteiger partial charge in [-0.25, -0.2) is 4.79 Å². The zero-order valence-corrected chi connectivity index (χ0v) is 48.3. The fourth-order valence-corrected chi connectivity index (χ4v) is 12.5. The SMILES string of the molecule is CSC1CC(=O)N(CCCCCC(=O)C[C@H](C(=O)N[C@@H](CCCNC(N)=O)C(=O)C(C)(C)Cc2ccc(COC(=O)CCc3ccc4c(c3)C(=O)c3c(O)cc5c(c3C4=O)N[C@H]3C#C/C=C\C#C[C@@H](O)[C@@]54O[C@@]34[C@@H](C)O)cc2)C(C)C)C1=O. The van der Waals surface area contributed by atoms with Gasteiger partial charge in [0.05, 0.1) is 34.2 Å². The largest absolute Gasteiger partial charge is 0.507 e. The third-order valence-corrected chi connectivity index (χ3v) is 17.3. The maximum atomic E-state index is 14.4. The van der Waals surface area contributed by atoms with Crippen molar-refractivity contribution in [2.24, 2.45) is 23.0 Å². The standard InChI is InChI=1S/C63H71N5O14S/c1-35(2)42(30-40(70)15-10-9-13-28-68-50(73)32-47(83-6)59(68)79)58(78)66-45(16-14-27-65-60(64)80)57(77)61(4,5)33-38-19-21-39(22-20-38)34-81-51(74)26-24-37-23-25-41-43(29-37)56(76)52-46(71)31-44-54(53(52)55(41)75)67-48-17-11-7-8-12-18-49(72)63(44)62(48,82-63)36(3)69/h7-8,19-23,25,29,31,35-36,42,45,47-49,67,69,71-72H,9-10,13-16,24,26-28,30,32-34H2,1-6H3,(H,66,78)(H3,64,65,80)/b8-7-/t36-,42+,45+,47?,48+,49-,62+,63+/m1/s1. The summed E-state index contributed by atoms with van der Waals surface area (Å²) in [6.07, 6.45) is 5.10. The molecule has 0 spiro atoms. The van der Waals surface area contributed by atoms with Gasteiger partial charge in [0.1, 0.15) is 24.2 Å². The summed E-state index contributed by atoms with van der Waals surface area (Å²) in [5, 5.41) is 42.3. The number of aliphatic hydroxyl groups excluding tert-OH is 2. The first-order chi connectivity index (χ1) is 39.4. The number of aliphatic hydroxyl groups is 2. The van der Waals surface area contributed by atoms with E-state index in [1.165, 1.54) is 53.9 Å². The number of aromatic hydroxyl groups is 1. The second-order valence-electron chi connectivity index (χ2n) is 22.9. The number of allylic oxidation sites excluding steroid dienone is 2. The number of likely N-dealkylation sites (tertiary alicyclic amines) is 1. The Hall–Kier alpha value is -7.62. The minimum atomic E-state index is -1.70. The molecule has 3 heterocycles. The summed E-state index contributed by atoms with van der Waals surface area (Å²) in [6, 6.07) is 10.5. The number of nitrogens with one attached hydrogen (secondary N) is 3. The van der Waals surface area contributed by atoms with Crippen LogP contribution in [0.1, 0.15) is 147 Å². The Balaban J connectivity index is 0.845. The van der Waals surface area contributed by atoms with Crippen LogP contribution in [0.4, 0.5) is 10.5 Å². The smallest absolute Gasteiger partial charge is 0.312 e. The van der Waals surface area contributed by atoms with Gasteiger partial charge in [0.2, 0.25) is 17.7 Å². The average molecular weight is 1150 g/mol. The van der Waals surface area contributed by atoms with Crippen molar-refractivity contribution in [3.63, 3.8) is 0 Å². The Morgan fingerprint density at radius 2 is 1.59 bits per heavy atom.